The van der Waals surface area contributed by atoms with Gasteiger partial charge in [-0.1, -0.05) is 29.8 Å². The van der Waals surface area contributed by atoms with Crippen molar-refractivity contribution in [2.75, 3.05) is 11.9 Å². The van der Waals surface area contributed by atoms with E-state index >= 15 is 0 Å². The molecule has 122 valence electrons. The van der Waals surface area contributed by atoms with E-state index in [2.05, 4.69) is 5.32 Å². The van der Waals surface area contributed by atoms with Crippen molar-refractivity contribution in [3.05, 3.63) is 64.4 Å². The molecule has 5 nitrogen and oxygen atoms in total. The normalized spacial score (nSPS) is 13.2. The summed E-state index contributed by atoms with van der Waals surface area (Å²) in [4.78, 5) is 37.4. The SMILES string of the molecule is O=C(CCN1C(=O)c2cccc(Cl)c2C1=O)Nc1ccccc1F. The number of anilines is 1. The van der Waals surface area contributed by atoms with Crippen molar-refractivity contribution < 1.29 is 18.8 Å². The zero-order chi connectivity index (χ0) is 17.3. The first-order valence-corrected chi connectivity index (χ1v) is 7.56. The van der Waals surface area contributed by atoms with E-state index in [0.29, 0.717) is 0 Å². The lowest BCUT2D eigenvalue weighted by Gasteiger charge is -2.13. The van der Waals surface area contributed by atoms with Gasteiger partial charge in [0, 0.05) is 13.0 Å². The van der Waals surface area contributed by atoms with Gasteiger partial charge in [-0.05, 0) is 24.3 Å². The summed E-state index contributed by atoms with van der Waals surface area (Å²) in [5, 5.41) is 2.61. The van der Waals surface area contributed by atoms with Crippen LogP contribution in [-0.2, 0) is 4.79 Å². The molecule has 0 saturated heterocycles. The van der Waals surface area contributed by atoms with Gasteiger partial charge < -0.3 is 5.32 Å². The van der Waals surface area contributed by atoms with Crippen LogP contribution in [0.4, 0.5) is 10.1 Å². The monoisotopic (exact) mass is 346 g/mol. The van der Waals surface area contributed by atoms with Crippen LogP contribution in [0.5, 0.6) is 0 Å². The molecular formula is C17H12ClFN2O3. The molecular weight excluding hydrogens is 335 g/mol. The molecule has 0 unspecified atom stereocenters. The quantitative estimate of drug-likeness (QED) is 0.865. The number of rotatable bonds is 4. The van der Waals surface area contributed by atoms with Crippen molar-refractivity contribution in [3.8, 4) is 0 Å². The molecule has 1 aliphatic rings. The van der Waals surface area contributed by atoms with E-state index in [1.54, 1.807) is 12.1 Å². The Hall–Kier alpha value is -2.73. The molecule has 24 heavy (non-hydrogen) atoms. The fraction of sp³-hybridized carbons (Fsp3) is 0.118. The van der Waals surface area contributed by atoms with Crippen LogP contribution in [0, 0.1) is 5.82 Å². The Morgan fingerprint density at radius 1 is 1.08 bits per heavy atom. The molecule has 0 saturated carbocycles. The Morgan fingerprint density at radius 3 is 2.54 bits per heavy atom. The van der Waals surface area contributed by atoms with Gasteiger partial charge >= 0.3 is 0 Å². The van der Waals surface area contributed by atoms with E-state index in [1.165, 1.54) is 30.3 Å². The summed E-state index contributed by atoms with van der Waals surface area (Å²) in [5.74, 6) is -2.07. The van der Waals surface area contributed by atoms with Gasteiger partial charge in [0.25, 0.3) is 11.8 Å². The molecule has 7 heteroatoms. The number of halogens is 2. The van der Waals surface area contributed by atoms with Gasteiger partial charge in [0.2, 0.25) is 5.91 Å². The van der Waals surface area contributed by atoms with Crippen LogP contribution in [-0.4, -0.2) is 29.2 Å². The van der Waals surface area contributed by atoms with E-state index in [0.717, 1.165) is 4.90 Å². The molecule has 0 atom stereocenters. The van der Waals surface area contributed by atoms with Crippen molar-refractivity contribution in [3.63, 3.8) is 0 Å². The van der Waals surface area contributed by atoms with Crippen molar-refractivity contribution in [2.24, 2.45) is 0 Å². The first-order valence-electron chi connectivity index (χ1n) is 7.18. The van der Waals surface area contributed by atoms with Crippen LogP contribution in [0.1, 0.15) is 27.1 Å². The number of para-hydroxylation sites is 1. The maximum Gasteiger partial charge on any atom is 0.263 e. The number of carbonyl (C=O) groups is 3. The Kier molecular flexibility index (Phi) is 4.31. The van der Waals surface area contributed by atoms with Crippen LogP contribution in [0.15, 0.2) is 42.5 Å². The molecule has 0 spiro atoms. The summed E-state index contributed by atoms with van der Waals surface area (Å²) < 4.78 is 13.5. The number of nitrogens with one attached hydrogen (secondary N) is 1. The maximum atomic E-state index is 13.5. The van der Waals surface area contributed by atoms with Crippen LogP contribution in [0.25, 0.3) is 0 Å². The topological polar surface area (TPSA) is 66.5 Å². The van der Waals surface area contributed by atoms with E-state index in [1.807, 2.05) is 0 Å². The lowest BCUT2D eigenvalue weighted by molar-refractivity contribution is -0.116. The van der Waals surface area contributed by atoms with Gasteiger partial charge in [-0.15, -0.1) is 0 Å². The summed E-state index contributed by atoms with van der Waals surface area (Å²) >= 11 is 5.96. The Labute approximate surface area is 142 Å². The Morgan fingerprint density at radius 2 is 1.83 bits per heavy atom. The Balaban J connectivity index is 1.67. The number of hydrogen-bond acceptors (Lipinski definition) is 3. The van der Waals surface area contributed by atoms with Crippen LogP contribution in [0.3, 0.4) is 0 Å². The van der Waals surface area contributed by atoms with Crippen molar-refractivity contribution in [1.29, 1.82) is 0 Å². The second kappa shape index (κ2) is 6.41. The second-order valence-electron chi connectivity index (χ2n) is 5.20. The minimum atomic E-state index is -0.557. The van der Waals surface area contributed by atoms with Gasteiger partial charge in [0.1, 0.15) is 5.82 Å². The molecule has 0 aliphatic carbocycles. The maximum absolute atomic E-state index is 13.5. The highest BCUT2D eigenvalue weighted by atomic mass is 35.5. The van der Waals surface area contributed by atoms with Crippen molar-refractivity contribution >= 4 is 35.0 Å². The van der Waals surface area contributed by atoms with E-state index in [4.69, 9.17) is 11.6 Å². The van der Waals surface area contributed by atoms with Gasteiger partial charge in [-0.3, -0.25) is 19.3 Å². The molecule has 2 aromatic rings. The lowest BCUT2D eigenvalue weighted by Crippen LogP contribution is -2.33. The molecule has 3 amide bonds. The molecule has 0 aromatic heterocycles. The third-order valence-electron chi connectivity index (χ3n) is 3.66. The van der Waals surface area contributed by atoms with Gasteiger partial charge in [0.05, 0.1) is 21.8 Å². The minimum Gasteiger partial charge on any atom is -0.324 e. The number of nitrogens with zero attached hydrogens (tertiary/aromatic N) is 1. The zero-order valence-corrected chi connectivity index (χ0v) is 13.1. The molecule has 1 aliphatic heterocycles. The summed E-state index contributed by atoms with van der Waals surface area (Å²) in [6.45, 7) is -0.108. The summed E-state index contributed by atoms with van der Waals surface area (Å²) in [7, 11) is 0. The average molecular weight is 347 g/mol. The third-order valence-corrected chi connectivity index (χ3v) is 3.97. The standard InChI is InChI=1S/C17H12ClFN2O3/c18-11-5-3-4-10-15(11)17(24)21(16(10)23)9-8-14(22)20-13-7-2-1-6-12(13)19/h1-7H,8-9H2,(H,20,22). The molecule has 0 radical (unpaired) electrons. The van der Waals surface area contributed by atoms with Gasteiger partial charge in [-0.25, -0.2) is 4.39 Å². The van der Waals surface area contributed by atoms with Crippen LogP contribution < -0.4 is 5.32 Å². The fourth-order valence-electron chi connectivity index (χ4n) is 2.48. The number of hydrogen-bond donors (Lipinski definition) is 1. The molecule has 2 aromatic carbocycles. The molecule has 3 rings (SSSR count). The predicted octanol–water partition coefficient (Wildman–Crippen LogP) is 3.10. The number of amides is 3. The average Bonchev–Trinajstić information content (AvgIpc) is 2.80. The number of carbonyl (C=O) groups excluding carboxylic acids is 3. The number of fused-ring (bicyclic) bond motifs is 1. The molecule has 1 N–H and O–H groups in total. The van der Waals surface area contributed by atoms with E-state index < -0.39 is 23.5 Å². The van der Waals surface area contributed by atoms with Gasteiger partial charge in [0.15, 0.2) is 0 Å². The Bertz CT molecular complexity index is 853. The third kappa shape index (κ3) is 2.88. The molecule has 0 fully saturated rings. The molecule has 1 heterocycles. The van der Waals surface area contributed by atoms with Crippen molar-refractivity contribution in [1.82, 2.24) is 4.90 Å². The van der Waals surface area contributed by atoms with Crippen LogP contribution >= 0.6 is 11.6 Å². The van der Waals surface area contributed by atoms with Crippen molar-refractivity contribution in [2.45, 2.75) is 6.42 Å². The second-order valence-corrected chi connectivity index (χ2v) is 5.61. The first kappa shape index (κ1) is 16.1. The fourth-order valence-corrected chi connectivity index (χ4v) is 2.74. The lowest BCUT2D eigenvalue weighted by atomic mass is 10.1. The number of imide groups is 1. The number of benzene rings is 2. The van der Waals surface area contributed by atoms with Gasteiger partial charge in [-0.2, -0.15) is 0 Å². The van der Waals surface area contributed by atoms with E-state index in [9.17, 15) is 18.8 Å². The summed E-state index contributed by atoms with van der Waals surface area (Å²) in [6.07, 6.45) is -0.141. The summed E-state index contributed by atoms with van der Waals surface area (Å²) in [6, 6.07) is 10.4. The highest BCUT2D eigenvalue weighted by Crippen LogP contribution is 2.29. The summed E-state index contributed by atoms with van der Waals surface area (Å²) in [5.41, 5.74) is 0.425. The zero-order valence-electron chi connectivity index (χ0n) is 12.4. The van der Waals surface area contributed by atoms with E-state index in [-0.39, 0.29) is 34.8 Å². The largest absolute Gasteiger partial charge is 0.324 e. The van der Waals surface area contributed by atoms with Crippen LogP contribution in [0.2, 0.25) is 5.02 Å². The smallest absolute Gasteiger partial charge is 0.263 e. The minimum absolute atomic E-state index is 0.0490. The first-order chi connectivity index (χ1) is 11.5. The molecule has 0 bridgehead atoms. The highest BCUT2D eigenvalue weighted by Gasteiger charge is 2.37. The predicted molar refractivity (Wildman–Crippen MR) is 86.5 cm³/mol. The highest BCUT2D eigenvalue weighted by molar-refractivity contribution is 6.37.